The number of hydrogen-bond acceptors (Lipinski definition) is 0. The van der Waals surface area contributed by atoms with Crippen molar-refractivity contribution in [1.29, 1.82) is 0 Å². The number of alkyl halides is 3. The van der Waals surface area contributed by atoms with Gasteiger partial charge in [-0.15, -0.1) is 0 Å². The summed E-state index contributed by atoms with van der Waals surface area (Å²) in [6, 6.07) is 0. The van der Waals surface area contributed by atoms with Gasteiger partial charge in [0.05, 0.1) is 0 Å². The zero-order valence-electron chi connectivity index (χ0n) is 2.29. The quantitative estimate of drug-likeness (QED) is 0.561. The van der Waals surface area contributed by atoms with Gasteiger partial charge in [0.25, 0.3) is 0 Å². The Labute approximate surface area is 55.3 Å². The summed E-state index contributed by atoms with van der Waals surface area (Å²) in [7, 11) is 0. The molecule has 0 aromatic rings. The minimum Gasteiger partial charge on any atom is -0.174 e. The molecule has 0 aliphatic heterocycles. The first-order valence-corrected chi connectivity index (χ1v) is 0.655. The van der Waals surface area contributed by atoms with Gasteiger partial charge in [-0.25, -0.2) is 0 Å². The predicted octanol–water partition coefficient (Wildman–Crippen LogP) is 1.18. The Hall–Kier alpha value is 0.985. The van der Waals surface area contributed by atoms with Crippen LogP contribution in [0.1, 0.15) is 0 Å². The van der Waals surface area contributed by atoms with Crippen molar-refractivity contribution in [2.24, 2.45) is 0 Å². The Balaban J connectivity index is 0. The molecule has 0 aromatic heterocycles. The van der Waals surface area contributed by atoms with Gasteiger partial charge in [-0.05, 0) is 0 Å². The number of hydrogen-bond donors (Lipinski definition) is 0. The molecule has 0 aromatic carbocycles. The van der Waals surface area contributed by atoms with Crippen LogP contribution < -0.4 is 0 Å². The second-order valence-corrected chi connectivity index (χ2v) is 0.247. The van der Waals surface area contributed by atoms with Crippen LogP contribution in [0.25, 0.3) is 0 Å². The van der Waals surface area contributed by atoms with Gasteiger partial charge in [0.15, 0.2) is 0 Å². The van der Waals surface area contributed by atoms with Gasteiger partial charge in [0.2, 0.25) is 0 Å². The van der Waals surface area contributed by atoms with Gasteiger partial charge in [0, 0.05) is 0 Å². The molecule has 0 saturated heterocycles. The third-order valence-electron chi connectivity index (χ3n) is 0. The molecule has 0 N–H and O–H groups in total. The first-order valence-electron chi connectivity index (χ1n) is 0.655. The molecule has 0 nitrogen and oxygen atoms in total. The van der Waals surface area contributed by atoms with Gasteiger partial charge in [-0.1, -0.05) is 0 Å². The van der Waals surface area contributed by atoms with Gasteiger partial charge >= 0.3 is 42.3 Å². The van der Waals surface area contributed by atoms with E-state index in [1.54, 1.807) is 0 Å². The molecule has 26 valence electrons. The van der Waals surface area contributed by atoms with Crippen LogP contribution in [0, 0.1) is 35.6 Å². The third-order valence-corrected chi connectivity index (χ3v) is 0. The van der Waals surface area contributed by atoms with Gasteiger partial charge in [-0.3, -0.25) is 0 Å². The van der Waals surface area contributed by atoms with Crippen molar-refractivity contribution < 1.29 is 48.8 Å². The minimum atomic E-state index is -3.67. The molecule has 0 bridgehead atoms. The van der Waals surface area contributed by atoms with E-state index >= 15 is 0 Å². The molecule has 0 aliphatic rings. The Morgan fingerprint density at radius 2 is 1.00 bits per heavy atom. The molecule has 0 radical (unpaired) electrons. The van der Waals surface area contributed by atoms with E-state index in [4.69, 9.17) is 0 Å². The van der Waals surface area contributed by atoms with E-state index < -0.39 is 6.68 Å². The van der Waals surface area contributed by atoms with Gasteiger partial charge in [-0.2, -0.15) is 13.2 Å². The van der Waals surface area contributed by atoms with Gasteiger partial charge < -0.3 is 0 Å². The molecule has 0 rings (SSSR count). The molecule has 0 amide bonds. The molecule has 0 aliphatic carbocycles. The van der Waals surface area contributed by atoms with E-state index in [9.17, 15) is 13.2 Å². The smallest absolute Gasteiger partial charge is 0.174 e. The van der Waals surface area contributed by atoms with Gasteiger partial charge in [0.1, 0.15) is 0 Å². The third kappa shape index (κ3) is 45.8. The maximum Gasteiger partial charge on any atom is 3.00 e. The average molecular weight is 209 g/mol. The normalized spacial score (nSPS) is 7.20. The summed E-state index contributed by atoms with van der Waals surface area (Å²) in [5.74, 6) is 0. The molecule has 0 heterocycles. The average Bonchev–Trinajstić information content (AvgIpc) is 0.811. The van der Waals surface area contributed by atoms with Crippen LogP contribution >= 0.6 is 0 Å². The SMILES string of the molecule is FC(F)F.[La+3]. The zero-order valence-corrected chi connectivity index (χ0v) is 5.91. The molecular weight excluding hydrogens is 208 g/mol. The van der Waals surface area contributed by atoms with E-state index in [1.165, 1.54) is 0 Å². The van der Waals surface area contributed by atoms with Crippen molar-refractivity contribution in [3.8, 4) is 0 Å². The summed E-state index contributed by atoms with van der Waals surface area (Å²) in [4.78, 5) is 0. The molecule has 4 heteroatoms. The van der Waals surface area contributed by atoms with Crippen molar-refractivity contribution in [3.63, 3.8) is 0 Å². The summed E-state index contributed by atoms with van der Waals surface area (Å²) >= 11 is 0. The Bertz CT molecular complexity index is 11.6. The zero-order chi connectivity index (χ0) is 3.58. The van der Waals surface area contributed by atoms with Crippen LogP contribution in [0.15, 0.2) is 0 Å². The predicted molar refractivity (Wildman–Crippen MR) is 7.11 cm³/mol. The molecule has 0 atom stereocenters. The molecule has 0 fully saturated rings. The van der Waals surface area contributed by atoms with Crippen molar-refractivity contribution in [2.75, 3.05) is 0 Å². The van der Waals surface area contributed by atoms with Crippen LogP contribution in [-0.4, -0.2) is 6.68 Å². The Morgan fingerprint density at radius 3 is 1.00 bits per heavy atom. The van der Waals surface area contributed by atoms with Crippen molar-refractivity contribution >= 4 is 0 Å². The summed E-state index contributed by atoms with van der Waals surface area (Å²) in [6.07, 6.45) is 0. The summed E-state index contributed by atoms with van der Waals surface area (Å²) in [5, 5.41) is 0. The van der Waals surface area contributed by atoms with Crippen LogP contribution in [0.2, 0.25) is 0 Å². The summed E-state index contributed by atoms with van der Waals surface area (Å²) in [6.45, 7) is -3.67. The van der Waals surface area contributed by atoms with Crippen LogP contribution in [0.5, 0.6) is 0 Å². The fourth-order valence-corrected chi connectivity index (χ4v) is 0. The fraction of sp³-hybridized carbons (Fsp3) is 1.00. The van der Waals surface area contributed by atoms with Crippen molar-refractivity contribution in [2.45, 2.75) is 6.68 Å². The second-order valence-electron chi connectivity index (χ2n) is 0.247. The summed E-state index contributed by atoms with van der Waals surface area (Å²) in [5.41, 5.74) is 0. The molecule has 0 saturated carbocycles. The molecule has 0 spiro atoms. The van der Waals surface area contributed by atoms with E-state index in [0.29, 0.717) is 0 Å². The maximum absolute atomic E-state index is 9.67. The number of rotatable bonds is 0. The second kappa shape index (κ2) is 4.98. The van der Waals surface area contributed by atoms with Crippen molar-refractivity contribution in [1.82, 2.24) is 0 Å². The minimum absolute atomic E-state index is 0. The Kier molecular flexibility index (Phi) is 9.34. The molecule has 5 heavy (non-hydrogen) atoms. The van der Waals surface area contributed by atoms with Crippen LogP contribution in [-0.2, 0) is 0 Å². The summed E-state index contributed by atoms with van der Waals surface area (Å²) < 4.78 is 29.0. The van der Waals surface area contributed by atoms with E-state index in [2.05, 4.69) is 0 Å². The van der Waals surface area contributed by atoms with E-state index in [1.807, 2.05) is 0 Å². The molecular formula is CHF3La+3. The standard InChI is InChI=1S/CHF3.La/c2-1(3)4;/h1H;/q;+3. The van der Waals surface area contributed by atoms with E-state index in [0.717, 1.165) is 0 Å². The van der Waals surface area contributed by atoms with Crippen LogP contribution in [0.4, 0.5) is 13.2 Å². The largest absolute Gasteiger partial charge is 3.00 e. The first-order chi connectivity index (χ1) is 1.73. The molecule has 0 unspecified atom stereocenters. The van der Waals surface area contributed by atoms with Crippen LogP contribution in [0.3, 0.4) is 0 Å². The van der Waals surface area contributed by atoms with E-state index in [-0.39, 0.29) is 35.6 Å². The maximum atomic E-state index is 9.67. The fourth-order valence-electron chi connectivity index (χ4n) is 0. The van der Waals surface area contributed by atoms with Crippen molar-refractivity contribution in [3.05, 3.63) is 0 Å². The first kappa shape index (κ1) is 9.37. The number of halogens is 3. The monoisotopic (exact) mass is 209 g/mol. The Morgan fingerprint density at radius 1 is 1.00 bits per heavy atom. The topological polar surface area (TPSA) is 0 Å².